The second-order valence-electron chi connectivity index (χ2n) is 3.70. The third-order valence-corrected chi connectivity index (χ3v) is 2.35. The molecule has 1 N–H and O–H groups in total. The van der Waals surface area contributed by atoms with Crippen molar-refractivity contribution >= 4 is 29.2 Å². The van der Waals surface area contributed by atoms with Gasteiger partial charge in [-0.1, -0.05) is 29.8 Å². The van der Waals surface area contributed by atoms with E-state index in [1.165, 1.54) is 0 Å². The zero-order chi connectivity index (χ0) is 13.3. The summed E-state index contributed by atoms with van der Waals surface area (Å²) in [4.78, 5) is 40.4. The Morgan fingerprint density at radius 1 is 1.11 bits per heavy atom. The molecule has 0 unspecified atom stereocenters. The SMILES string of the molecule is Cc1ccc(C2=NC(=O)C(=O)C(C(=O)O)=N2)cc1. The summed E-state index contributed by atoms with van der Waals surface area (Å²) < 4.78 is 0. The number of hydrogen-bond acceptors (Lipinski definition) is 4. The molecular weight excluding hydrogens is 236 g/mol. The number of benzene rings is 1. The lowest BCUT2D eigenvalue weighted by Gasteiger charge is -2.07. The van der Waals surface area contributed by atoms with Gasteiger partial charge >= 0.3 is 11.9 Å². The summed E-state index contributed by atoms with van der Waals surface area (Å²) in [6.45, 7) is 1.88. The van der Waals surface area contributed by atoms with Crippen LogP contribution in [0.25, 0.3) is 0 Å². The molecule has 0 fully saturated rings. The van der Waals surface area contributed by atoms with Crippen LogP contribution in [-0.2, 0) is 14.4 Å². The fourth-order valence-corrected chi connectivity index (χ4v) is 1.41. The predicted molar refractivity (Wildman–Crippen MR) is 62.8 cm³/mol. The Kier molecular flexibility index (Phi) is 2.85. The van der Waals surface area contributed by atoms with Crippen LogP contribution in [0, 0.1) is 6.92 Å². The van der Waals surface area contributed by atoms with Crippen LogP contribution in [0.5, 0.6) is 0 Å². The third kappa shape index (κ3) is 2.08. The van der Waals surface area contributed by atoms with Crippen molar-refractivity contribution in [3.8, 4) is 0 Å². The Morgan fingerprint density at radius 3 is 2.28 bits per heavy atom. The second kappa shape index (κ2) is 4.33. The monoisotopic (exact) mass is 244 g/mol. The molecule has 1 aliphatic heterocycles. The van der Waals surface area contributed by atoms with E-state index in [2.05, 4.69) is 9.98 Å². The van der Waals surface area contributed by atoms with Gasteiger partial charge < -0.3 is 5.11 Å². The summed E-state index contributed by atoms with van der Waals surface area (Å²) >= 11 is 0. The highest BCUT2D eigenvalue weighted by molar-refractivity contribution is 6.80. The number of ketones is 1. The lowest BCUT2D eigenvalue weighted by molar-refractivity contribution is -0.135. The largest absolute Gasteiger partial charge is 0.476 e. The summed E-state index contributed by atoms with van der Waals surface area (Å²) in [7, 11) is 0. The molecule has 0 saturated heterocycles. The van der Waals surface area contributed by atoms with E-state index in [1.807, 2.05) is 6.92 Å². The Hall–Kier alpha value is -2.63. The molecule has 90 valence electrons. The minimum absolute atomic E-state index is 0.0583. The number of carboxylic acids is 1. The minimum atomic E-state index is -1.53. The van der Waals surface area contributed by atoms with E-state index in [-0.39, 0.29) is 5.84 Å². The van der Waals surface area contributed by atoms with Gasteiger partial charge in [0.2, 0.25) is 5.71 Å². The maximum Gasteiger partial charge on any atom is 0.358 e. The highest BCUT2D eigenvalue weighted by Gasteiger charge is 2.31. The molecule has 0 atom stereocenters. The third-order valence-electron chi connectivity index (χ3n) is 2.35. The van der Waals surface area contributed by atoms with Gasteiger partial charge in [-0.25, -0.2) is 9.79 Å². The first kappa shape index (κ1) is 11.8. The molecule has 1 aliphatic rings. The van der Waals surface area contributed by atoms with E-state index in [1.54, 1.807) is 24.3 Å². The quantitative estimate of drug-likeness (QED) is 0.760. The average molecular weight is 244 g/mol. The van der Waals surface area contributed by atoms with Gasteiger partial charge in [-0.15, -0.1) is 0 Å². The fraction of sp³-hybridized carbons (Fsp3) is 0.0833. The first-order chi connectivity index (χ1) is 8.49. The van der Waals surface area contributed by atoms with Crippen molar-refractivity contribution in [1.82, 2.24) is 0 Å². The molecule has 0 bridgehead atoms. The number of amides is 1. The van der Waals surface area contributed by atoms with Crippen molar-refractivity contribution in [1.29, 1.82) is 0 Å². The Labute approximate surface area is 102 Å². The highest BCUT2D eigenvalue weighted by Crippen LogP contribution is 2.09. The normalized spacial score (nSPS) is 15.2. The van der Waals surface area contributed by atoms with E-state index < -0.39 is 23.4 Å². The van der Waals surface area contributed by atoms with E-state index in [0.29, 0.717) is 5.56 Å². The standard InChI is InChI=1S/C12H8N2O4/c1-6-2-4-7(5-3-6)10-13-8(12(17)18)9(15)11(16)14-10/h2-5H,1H3,(H,17,18). The van der Waals surface area contributed by atoms with E-state index in [0.717, 1.165) is 5.56 Å². The predicted octanol–water partition coefficient (Wildman–Crippen LogP) is 0.377. The van der Waals surface area contributed by atoms with Crippen LogP contribution in [0.1, 0.15) is 11.1 Å². The number of rotatable bonds is 2. The van der Waals surface area contributed by atoms with Gasteiger partial charge in [0.25, 0.3) is 5.78 Å². The molecule has 6 heteroatoms. The second-order valence-corrected chi connectivity index (χ2v) is 3.70. The highest BCUT2D eigenvalue weighted by atomic mass is 16.4. The molecule has 1 aromatic rings. The van der Waals surface area contributed by atoms with Crippen LogP contribution in [0.3, 0.4) is 0 Å². The number of aliphatic carboxylic acids is 1. The molecule has 1 aromatic carbocycles. The van der Waals surface area contributed by atoms with Crippen molar-refractivity contribution in [2.45, 2.75) is 6.92 Å². The van der Waals surface area contributed by atoms with Gasteiger partial charge in [-0.2, -0.15) is 4.99 Å². The zero-order valence-electron chi connectivity index (χ0n) is 9.38. The first-order valence-corrected chi connectivity index (χ1v) is 5.05. The summed E-state index contributed by atoms with van der Waals surface area (Å²) in [5.74, 6) is -3.90. The minimum Gasteiger partial charge on any atom is -0.476 e. The van der Waals surface area contributed by atoms with Crippen LogP contribution in [0.15, 0.2) is 34.3 Å². The van der Waals surface area contributed by atoms with Crippen molar-refractivity contribution < 1.29 is 19.5 Å². The smallest absolute Gasteiger partial charge is 0.358 e. The van der Waals surface area contributed by atoms with Gasteiger partial charge in [-0.3, -0.25) is 9.59 Å². The summed E-state index contributed by atoms with van der Waals surface area (Å²) in [5, 5.41) is 8.78. The number of nitrogens with zero attached hydrogens (tertiary/aromatic N) is 2. The molecule has 0 radical (unpaired) electrons. The topological polar surface area (TPSA) is 96.2 Å². The van der Waals surface area contributed by atoms with Gasteiger partial charge in [0.1, 0.15) is 0 Å². The number of amidine groups is 1. The Bertz CT molecular complexity index is 611. The maximum atomic E-state index is 11.3. The molecule has 0 aromatic heterocycles. The molecule has 1 amide bonds. The zero-order valence-corrected chi connectivity index (χ0v) is 9.38. The Morgan fingerprint density at radius 2 is 1.72 bits per heavy atom. The first-order valence-electron chi connectivity index (χ1n) is 5.05. The molecule has 0 aliphatic carbocycles. The number of aryl methyl sites for hydroxylation is 1. The van der Waals surface area contributed by atoms with Gasteiger partial charge in [0, 0.05) is 5.56 Å². The van der Waals surface area contributed by atoms with E-state index in [9.17, 15) is 14.4 Å². The maximum absolute atomic E-state index is 11.3. The number of carbonyl (C=O) groups is 3. The molecule has 0 spiro atoms. The molecule has 18 heavy (non-hydrogen) atoms. The van der Waals surface area contributed by atoms with Crippen molar-refractivity contribution in [3.63, 3.8) is 0 Å². The van der Waals surface area contributed by atoms with E-state index in [4.69, 9.17) is 5.11 Å². The van der Waals surface area contributed by atoms with Crippen LogP contribution in [-0.4, -0.2) is 34.3 Å². The van der Waals surface area contributed by atoms with Crippen molar-refractivity contribution in [2.75, 3.05) is 0 Å². The molecule has 2 rings (SSSR count). The van der Waals surface area contributed by atoms with Crippen molar-refractivity contribution in [2.24, 2.45) is 9.98 Å². The fourth-order valence-electron chi connectivity index (χ4n) is 1.41. The van der Waals surface area contributed by atoms with Gasteiger partial charge in [-0.05, 0) is 6.92 Å². The number of carbonyl (C=O) groups excluding carboxylic acids is 2. The molecule has 6 nitrogen and oxygen atoms in total. The number of hydrogen-bond donors (Lipinski definition) is 1. The summed E-state index contributed by atoms with van der Waals surface area (Å²) in [6, 6.07) is 6.85. The average Bonchev–Trinajstić information content (AvgIpc) is 2.33. The van der Waals surface area contributed by atoms with Crippen molar-refractivity contribution in [3.05, 3.63) is 35.4 Å². The Balaban J connectivity index is 2.48. The molecule has 1 heterocycles. The van der Waals surface area contributed by atoms with Gasteiger partial charge in [0.05, 0.1) is 0 Å². The summed E-state index contributed by atoms with van der Waals surface area (Å²) in [6.07, 6.45) is 0. The summed E-state index contributed by atoms with van der Waals surface area (Å²) in [5.41, 5.74) is 0.686. The van der Waals surface area contributed by atoms with Crippen LogP contribution < -0.4 is 0 Å². The van der Waals surface area contributed by atoms with Crippen LogP contribution in [0.2, 0.25) is 0 Å². The van der Waals surface area contributed by atoms with E-state index >= 15 is 0 Å². The van der Waals surface area contributed by atoms with Crippen LogP contribution in [0.4, 0.5) is 0 Å². The molecular formula is C12H8N2O4. The molecule has 0 saturated carbocycles. The van der Waals surface area contributed by atoms with Gasteiger partial charge in [0.15, 0.2) is 5.84 Å². The number of Topliss-reactive ketones (excluding diaryl/α,β-unsaturated/α-hetero) is 1. The lowest BCUT2D eigenvalue weighted by atomic mass is 10.1. The number of aliphatic imine (C=N–C) groups is 2. The van der Waals surface area contributed by atoms with Crippen LogP contribution >= 0.6 is 0 Å². The lowest BCUT2D eigenvalue weighted by Crippen LogP contribution is -2.34. The number of carboxylic acid groups (broad SMARTS) is 1.